The second-order valence-electron chi connectivity index (χ2n) is 6.86. The summed E-state index contributed by atoms with van der Waals surface area (Å²) in [7, 11) is 2.15. The summed E-state index contributed by atoms with van der Waals surface area (Å²) in [6.45, 7) is 1.99. The highest BCUT2D eigenvalue weighted by Gasteiger charge is 2.19. The van der Waals surface area contributed by atoms with Crippen LogP contribution in [0.5, 0.6) is 0 Å². The topological polar surface area (TPSA) is 70.8 Å². The van der Waals surface area contributed by atoms with E-state index < -0.39 is 0 Å². The van der Waals surface area contributed by atoms with Crippen molar-refractivity contribution in [1.29, 1.82) is 0 Å². The number of fused-ring (bicyclic) bond motifs is 4. The highest BCUT2D eigenvalue weighted by Crippen LogP contribution is 2.37. The van der Waals surface area contributed by atoms with Gasteiger partial charge in [-0.15, -0.1) is 11.8 Å². The highest BCUT2D eigenvalue weighted by atomic mass is 32.2. The van der Waals surface area contributed by atoms with Gasteiger partial charge in [-0.3, -0.25) is 10.00 Å². The van der Waals surface area contributed by atoms with E-state index in [-0.39, 0.29) is 0 Å². The van der Waals surface area contributed by atoms with Gasteiger partial charge in [0.2, 0.25) is 0 Å². The fraction of sp³-hybridized carbons (Fsp3) is 0.200. The highest BCUT2D eigenvalue weighted by molar-refractivity contribution is 7.98. The fourth-order valence-corrected chi connectivity index (χ4v) is 4.28. The molecule has 2 aromatic heterocycles. The smallest absolute Gasteiger partial charge is 0.150 e. The van der Waals surface area contributed by atoms with Gasteiger partial charge < -0.3 is 5.73 Å². The minimum absolute atomic E-state index is 0.490. The Hall–Kier alpha value is -2.57. The van der Waals surface area contributed by atoms with Crippen LogP contribution in [-0.2, 0) is 13.1 Å². The van der Waals surface area contributed by atoms with Crippen LogP contribution >= 0.6 is 11.8 Å². The molecule has 2 aromatic carbocycles. The second kappa shape index (κ2) is 5.72. The first-order chi connectivity index (χ1) is 12.6. The summed E-state index contributed by atoms with van der Waals surface area (Å²) in [5.74, 6) is 0.490. The predicted octanol–water partition coefficient (Wildman–Crippen LogP) is 4.03. The maximum absolute atomic E-state index is 6.20. The average Bonchev–Trinajstić information content (AvgIpc) is 3.24. The van der Waals surface area contributed by atoms with Crippen LogP contribution in [0.2, 0.25) is 0 Å². The molecule has 5 nitrogen and oxygen atoms in total. The maximum Gasteiger partial charge on any atom is 0.150 e. The molecule has 130 valence electrons. The lowest BCUT2D eigenvalue weighted by molar-refractivity contribution is 0.353. The quantitative estimate of drug-likeness (QED) is 0.528. The Morgan fingerprint density at radius 2 is 1.96 bits per heavy atom. The molecule has 5 rings (SSSR count). The Kier molecular flexibility index (Phi) is 3.45. The Balaban J connectivity index is 1.80. The molecule has 0 radical (unpaired) electrons. The van der Waals surface area contributed by atoms with Crippen LogP contribution in [0.25, 0.3) is 33.1 Å². The Morgan fingerprint density at radius 1 is 1.12 bits per heavy atom. The van der Waals surface area contributed by atoms with Gasteiger partial charge in [0.25, 0.3) is 0 Å². The van der Waals surface area contributed by atoms with Crippen molar-refractivity contribution in [2.75, 3.05) is 19.0 Å². The zero-order valence-corrected chi connectivity index (χ0v) is 15.5. The van der Waals surface area contributed by atoms with Crippen molar-refractivity contribution in [3.63, 3.8) is 0 Å². The second-order valence-corrected chi connectivity index (χ2v) is 7.74. The number of nitrogen functional groups attached to an aromatic ring is 1. The molecule has 0 aliphatic carbocycles. The summed E-state index contributed by atoms with van der Waals surface area (Å²) in [5.41, 5.74) is 12.7. The van der Waals surface area contributed by atoms with E-state index in [1.807, 2.05) is 6.07 Å². The van der Waals surface area contributed by atoms with E-state index in [0.29, 0.717) is 5.82 Å². The number of aromatic amines is 1. The molecule has 6 heteroatoms. The summed E-state index contributed by atoms with van der Waals surface area (Å²) in [5, 5.41) is 9.85. The number of benzene rings is 2. The molecule has 26 heavy (non-hydrogen) atoms. The number of H-pyrrole nitrogens is 1. The first kappa shape index (κ1) is 15.7. The van der Waals surface area contributed by atoms with Gasteiger partial charge in [-0.1, -0.05) is 12.1 Å². The Bertz CT molecular complexity index is 1160. The standard InChI is InChI=1S/C20H19N5S/c1-25-9-12-4-3-11(7-13(12)10-25)18-17-15-8-14(26-2)5-6-16(15)22-20(21)19(17)24-23-18/h3-8H,9-10H2,1-2H3,(H2,21,22)(H,23,24). The lowest BCUT2D eigenvalue weighted by atomic mass is 10.0. The molecule has 0 bridgehead atoms. The SMILES string of the molecule is CSc1ccc2nc(N)c3[nH]nc(-c4ccc5c(c4)CN(C)C5)c3c2c1. The fourth-order valence-electron chi connectivity index (χ4n) is 3.84. The number of nitrogens with zero attached hydrogens (tertiary/aromatic N) is 3. The lowest BCUT2D eigenvalue weighted by Crippen LogP contribution is -2.07. The van der Waals surface area contributed by atoms with Crippen molar-refractivity contribution in [3.8, 4) is 11.3 Å². The maximum atomic E-state index is 6.20. The number of hydrogen-bond donors (Lipinski definition) is 2. The lowest BCUT2D eigenvalue weighted by Gasteiger charge is -2.07. The van der Waals surface area contributed by atoms with Gasteiger partial charge in [-0.25, -0.2) is 4.98 Å². The normalized spacial score (nSPS) is 14.4. The molecule has 0 amide bonds. The number of aromatic nitrogens is 3. The van der Waals surface area contributed by atoms with Crippen LogP contribution in [0, 0.1) is 0 Å². The third-order valence-electron chi connectivity index (χ3n) is 5.10. The molecule has 0 atom stereocenters. The van der Waals surface area contributed by atoms with E-state index in [0.717, 1.165) is 46.2 Å². The molecule has 3 N–H and O–H groups in total. The van der Waals surface area contributed by atoms with E-state index in [4.69, 9.17) is 5.73 Å². The van der Waals surface area contributed by atoms with Crippen LogP contribution in [-0.4, -0.2) is 33.4 Å². The molecule has 0 fully saturated rings. The molecular weight excluding hydrogens is 342 g/mol. The van der Waals surface area contributed by atoms with Crippen LogP contribution in [0.1, 0.15) is 11.1 Å². The zero-order chi connectivity index (χ0) is 17.8. The van der Waals surface area contributed by atoms with Crippen LogP contribution < -0.4 is 5.73 Å². The van der Waals surface area contributed by atoms with Gasteiger partial charge in [0, 0.05) is 34.3 Å². The molecule has 0 saturated carbocycles. The summed E-state index contributed by atoms with van der Waals surface area (Å²) in [6, 6.07) is 12.9. The van der Waals surface area contributed by atoms with Gasteiger partial charge in [-0.2, -0.15) is 5.10 Å². The molecule has 1 aliphatic rings. The monoisotopic (exact) mass is 361 g/mol. The molecule has 3 heterocycles. The van der Waals surface area contributed by atoms with Crippen LogP contribution in [0.4, 0.5) is 5.82 Å². The summed E-state index contributed by atoms with van der Waals surface area (Å²) < 4.78 is 0. The number of anilines is 1. The van der Waals surface area contributed by atoms with E-state index >= 15 is 0 Å². The first-order valence-corrected chi connectivity index (χ1v) is 9.78. The minimum atomic E-state index is 0.490. The third kappa shape index (κ3) is 2.29. The van der Waals surface area contributed by atoms with Crippen molar-refractivity contribution in [1.82, 2.24) is 20.1 Å². The summed E-state index contributed by atoms with van der Waals surface area (Å²) in [6.07, 6.45) is 2.08. The molecule has 0 spiro atoms. The van der Waals surface area contributed by atoms with Gasteiger partial charge in [-0.05, 0) is 48.7 Å². The van der Waals surface area contributed by atoms with Crippen LogP contribution in [0.3, 0.4) is 0 Å². The van der Waals surface area contributed by atoms with Gasteiger partial charge in [0.1, 0.15) is 17.0 Å². The number of pyridine rings is 1. The summed E-state index contributed by atoms with van der Waals surface area (Å²) >= 11 is 1.72. The van der Waals surface area contributed by atoms with Crippen molar-refractivity contribution in [2.45, 2.75) is 18.0 Å². The van der Waals surface area contributed by atoms with Gasteiger partial charge in [0.15, 0.2) is 0 Å². The minimum Gasteiger partial charge on any atom is -0.382 e. The van der Waals surface area contributed by atoms with Crippen molar-refractivity contribution in [3.05, 3.63) is 47.5 Å². The summed E-state index contributed by atoms with van der Waals surface area (Å²) in [4.78, 5) is 8.07. The van der Waals surface area contributed by atoms with Crippen molar-refractivity contribution >= 4 is 39.4 Å². The number of nitrogens with two attached hydrogens (primary N) is 1. The molecule has 0 unspecified atom stereocenters. The number of hydrogen-bond acceptors (Lipinski definition) is 5. The predicted molar refractivity (Wildman–Crippen MR) is 108 cm³/mol. The van der Waals surface area contributed by atoms with E-state index in [1.165, 1.54) is 16.0 Å². The Morgan fingerprint density at radius 3 is 2.81 bits per heavy atom. The largest absolute Gasteiger partial charge is 0.382 e. The average molecular weight is 361 g/mol. The zero-order valence-electron chi connectivity index (χ0n) is 14.7. The molecule has 0 saturated heterocycles. The number of thioether (sulfide) groups is 1. The Labute approximate surface area is 155 Å². The third-order valence-corrected chi connectivity index (χ3v) is 5.82. The van der Waals surface area contributed by atoms with E-state index in [1.54, 1.807) is 11.8 Å². The van der Waals surface area contributed by atoms with E-state index in [2.05, 4.69) is 63.7 Å². The first-order valence-electron chi connectivity index (χ1n) is 8.56. The molecule has 4 aromatic rings. The number of rotatable bonds is 2. The molecular formula is C20H19N5S. The van der Waals surface area contributed by atoms with Gasteiger partial charge >= 0.3 is 0 Å². The van der Waals surface area contributed by atoms with E-state index in [9.17, 15) is 0 Å². The van der Waals surface area contributed by atoms with Gasteiger partial charge in [0.05, 0.1) is 5.52 Å². The van der Waals surface area contributed by atoms with Crippen molar-refractivity contribution < 1.29 is 0 Å². The van der Waals surface area contributed by atoms with Crippen LogP contribution in [0.15, 0.2) is 41.3 Å². The molecule has 1 aliphatic heterocycles. The number of nitrogens with one attached hydrogen (secondary N) is 1. The van der Waals surface area contributed by atoms with Crippen molar-refractivity contribution in [2.24, 2.45) is 0 Å².